The number of ether oxygens (including phenoxy) is 1. The number of thioether (sulfide) groups is 1. The Hall–Kier alpha value is -2.29. The van der Waals surface area contributed by atoms with Crippen LogP contribution in [0, 0.1) is 0 Å². The maximum atomic E-state index is 12.3. The van der Waals surface area contributed by atoms with Crippen LogP contribution >= 0.6 is 23.4 Å². The van der Waals surface area contributed by atoms with E-state index in [9.17, 15) is 4.79 Å². The number of carbonyl (C=O) groups is 1. The quantitative estimate of drug-likeness (QED) is 0.497. The number of nitrogens with one attached hydrogen (secondary N) is 1. The lowest BCUT2D eigenvalue weighted by atomic mass is 10.2. The number of aryl methyl sites for hydroxylation is 1. The lowest BCUT2D eigenvalue weighted by Crippen LogP contribution is -2.25. The number of halogens is 1. The third-order valence-electron chi connectivity index (χ3n) is 4.47. The third-order valence-corrected chi connectivity index (χ3v) is 5.80. The number of nitrogens with zero attached hydrogens (tertiary/aromatic N) is 4. The van der Waals surface area contributed by atoms with E-state index in [0.29, 0.717) is 36.3 Å². The summed E-state index contributed by atoms with van der Waals surface area (Å²) in [5.74, 6) is 1.02. The molecule has 3 aromatic rings. The van der Waals surface area contributed by atoms with Gasteiger partial charge in [-0.2, -0.15) is 0 Å². The summed E-state index contributed by atoms with van der Waals surface area (Å²) in [6.45, 7) is 1.57. The molecule has 0 aliphatic rings. The Balaban J connectivity index is 1.61. The Bertz CT molecular complexity index is 956. The summed E-state index contributed by atoms with van der Waals surface area (Å²) >= 11 is 7.49. The van der Waals surface area contributed by atoms with Crippen molar-refractivity contribution >= 4 is 29.3 Å². The maximum Gasteiger partial charge on any atom is 0.230 e. The molecule has 9 heteroatoms. The van der Waals surface area contributed by atoms with E-state index in [4.69, 9.17) is 16.3 Å². The fourth-order valence-electron chi connectivity index (χ4n) is 2.82. The third kappa shape index (κ3) is 5.85. The Labute approximate surface area is 179 Å². The predicted octanol–water partition coefficient (Wildman–Crippen LogP) is 2.92. The average molecular weight is 434 g/mol. The molecule has 0 atom stereocenters. The molecule has 1 amide bonds. The molecule has 1 aromatic carbocycles. The summed E-state index contributed by atoms with van der Waals surface area (Å²) in [4.78, 5) is 12.3. The monoisotopic (exact) mass is 433 g/mol. The first kappa shape index (κ1) is 21.4. The van der Waals surface area contributed by atoms with Gasteiger partial charge < -0.3 is 19.2 Å². The van der Waals surface area contributed by atoms with E-state index in [1.54, 1.807) is 7.11 Å². The number of carbonyl (C=O) groups excluding carboxylic acids is 1. The first-order valence-corrected chi connectivity index (χ1v) is 10.6. The van der Waals surface area contributed by atoms with E-state index < -0.39 is 0 Å². The summed E-state index contributed by atoms with van der Waals surface area (Å²) in [6, 6.07) is 11.5. The molecule has 154 valence electrons. The normalized spacial score (nSPS) is 11.0. The molecule has 3 rings (SSSR count). The number of benzene rings is 1. The minimum Gasteiger partial charge on any atom is -0.383 e. The molecule has 0 saturated heterocycles. The van der Waals surface area contributed by atoms with Crippen LogP contribution in [-0.4, -0.2) is 44.7 Å². The maximum absolute atomic E-state index is 12.3. The van der Waals surface area contributed by atoms with Crippen molar-refractivity contribution in [3.05, 3.63) is 64.7 Å². The van der Waals surface area contributed by atoms with Crippen LogP contribution in [0.25, 0.3) is 0 Å². The highest BCUT2D eigenvalue weighted by Crippen LogP contribution is 2.19. The van der Waals surface area contributed by atoms with Gasteiger partial charge in [0.25, 0.3) is 0 Å². The van der Waals surface area contributed by atoms with Crippen molar-refractivity contribution in [2.75, 3.05) is 19.5 Å². The van der Waals surface area contributed by atoms with Gasteiger partial charge in [-0.25, -0.2) is 0 Å². The highest BCUT2D eigenvalue weighted by atomic mass is 35.5. The van der Waals surface area contributed by atoms with E-state index in [-0.39, 0.29) is 11.7 Å². The number of hydrogen-bond donors (Lipinski definition) is 1. The number of rotatable bonds is 10. The average Bonchev–Trinajstić information content (AvgIpc) is 3.30. The van der Waals surface area contributed by atoms with Crippen LogP contribution in [0.15, 0.2) is 47.8 Å². The topological polar surface area (TPSA) is 74.0 Å². The fourth-order valence-corrected chi connectivity index (χ4v) is 3.84. The molecule has 1 N–H and O–H groups in total. The van der Waals surface area contributed by atoms with Crippen LogP contribution in [0.3, 0.4) is 0 Å². The van der Waals surface area contributed by atoms with Gasteiger partial charge in [0.05, 0.1) is 12.4 Å². The Morgan fingerprint density at radius 1 is 1.24 bits per heavy atom. The van der Waals surface area contributed by atoms with Crippen LogP contribution in [0.1, 0.15) is 17.1 Å². The van der Waals surface area contributed by atoms with Crippen molar-refractivity contribution in [1.29, 1.82) is 0 Å². The zero-order valence-electron chi connectivity index (χ0n) is 16.5. The second-order valence-corrected chi connectivity index (χ2v) is 7.84. The standard InChI is InChI=1S/C20H24ClN5O2S/c1-25-9-5-7-16(25)12-18-23-24-20(26(18)10-11-28-2)29-14-19(27)22-13-15-6-3-4-8-17(15)21/h3-9H,10-14H2,1-2H3,(H,22,27). The molecule has 0 radical (unpaired) electrons. The second kappa shape index (κ2) is 10.5. The zero-order chi connectivity index (χ0) is 20.6. The lowest BCUT2D eigenvalue weighted by molar-refractivity contribution is -0.118. The van der Waals surface area contributed by atoms with E-state index in [2.05, 4.69) is 26.1 Å². The van der Waals surface area contributed by atoms with E-state index in [1.165, 1.54) is 11.8 Å². The molecule has 0 saturated carbocycles. The molecule has 0 aliphatic carbocycles. The van der Waals surface area contributed by atoms with Gasteiger partial charge in [0.1, 0.15) is 5.82 Å². The van der Waals surface area contributed by atoms with Crippen LogP contribution in [-0.2, 0) is 36.1 Å². The Morgan fingerprint density at radius 3 is 2.79 bits per heavy atom. The van der Waals surface area contributed by atoms with E-state index >= 15 is 0 Å². The predicted molar refractivity (Wildman–Crippen MR) is 114 cm³/mol. The van der Waals surface area contributed by atoms with Crippen LogP contribution in [0.4, 0.5) is 0 Å². The SMILES string of the molecule is COCCn1c(Cc2cccn2C)nnc1SCC(=O)NCc1ccccc1Cl. The molecular weight excluding hydrogens is 410 g/mol. The van der Waals surface area contributed by atoms with Gasteiger partial charge in [-0.1, -0.05) is 41.6 Å². The molecule has 2 aromatic heterocycles. The summed E-state index contributed by atoms with van der Waals surface area (Å²) in [5.41, 5.74) is 2.03. The van der Waals surface area contributed by atoms with Gasteiger partial charge >= 0.3 is 0 Å². The van der Waals surface area contributed by atoms with Crippen molar-refractivity contribution in [3.63, 3.8) is 0 Å². The second-order valence-electron chi connectivity index (χ2n) is 6.49. The largest absolute Gasteiger partial charge is 0.383 e. The highest BCUT2D eigenvalue weighted by molar-refractivity contribution is 7.99. The molecule has 2 heterocycles. The number of amides is 1. The first-order chi connectivity index (χ1) is 14.1. The van der Waals surface area contributed by atoms with Crippen LogP contribution < -0.4 is 5.32 Å². The number of hydrogen-bond acceptors (Lipinski definition) is 5. The Kier molecular flexibility index (Phi) is 7.74. The van der Waals surface area contributed by atoms with Crippen molar-refractivity contribution in [1.82, 2.24) is 24.6 Å². The first-order valence-electron chi connectivity index (χ1n) is 9.22. The minimum atomic E-state index is -0.0832. The van der Waals surface area contributed by atoms with Crippen LogP contribution in [0.2, 0.25) is 5.02 Å². The van der Waals surface area contributed by atoms with Gasteiger partial charge in [-0.15, -0.1) is 10.2 Å². The minimum absolute atomic E-state index is 0.0832. The zero-order valence-corrected chi connectivity index (χ0v) is 18.0. The van der Waals surface area contributed by atoms with Gasteiger partial charge in [0.15, 0.2) is 5.16 Å². The molecule has 0 aliphatic heterocycles. The summed E-state index contributed by atoms with van der Waals surface area (Å²) in [6.07, 6.45) is 2.67. The van der Waals surface area contributed by atoms with Crippen LogP contribution in [0.5, 0.6) is 0 Å². The van der Waals surface area contributed by atoms with Gasteiger partial charge in [-0.05, 0) is 23.8 Å². The molecule has 29 heavy (non-hydrogen) atoms. The molecule has 0 fully saturated rings. The summed E-state index contributed by atoms with van der Waals surface area (Å²) in [7, 11) is 3.67. The van der Waals surface area contributed by atoms with Crippen molar-refractivity contribution in [2.24, 2.45) is 7.05 Å². The number of aromatic nitrogens is 4. The Morgan fingerprint density at radius 2 is 2.07 bits per heavy atom. The molecule has 7 nitrogen and oxygen atoms in total. The smallest absolute Gasteiger partial charge is 0.230 e. The van der Waals surface area contributed by atoms with Crippen molar-refractivity contribution in [2.45, 2.75) is 24.7 Å². The van der Waals surface area contributed by atoms with Gasteiger partial charge in [0.2, 0.25) is 5.91 Å². The summed E-state index contributed by atoms with van der Waals surface area (Å²) < 4.78 is 9.30. The van der Waals surface area contributed by atoms with Gasteiger partial charge in [-0.3, -0.25) is 4.79 Å². The van der Waals surface area contributed by atoms with Gasteiger partial charge in [0, 0.05) is 50.6 Å². The summed E-state index contributed by atoms with van der Waals surface area (Å²) in [5, 5.41) is 12.9. The number of methoxy groups -OCH3 is 1. The highest BCUT2D eigenvalue weighted by Gasteiger charge is 2.15. The van der Waals surface area contributed by atoms with Crippen molar-refractivity contribution < 1.29 is 9.53 Å². The fraction of sp³-hybridized carbons (Fsp3) is 0.350. The molecule has 0 unspecified atom stereocenters. The molecular formula is C20H24ClN5O2S. The van der Waals surface area contributed by atoms with E-state index in [1.807, 2.05) is 48.1 Å². The van der Waals surface area contributed by atoms with Crippen molar-refractivity contribution in [3.8, 4) is 0 Å². The van der Waals surface area contributed by atoms with E-state index in [0.717, 1.165) is 17.1 Å². The molecule has 0 bridgehead atoms. The molecule has 0 spiro atoms. The lowest BCUT2D eigenvalue weighted by Gasteiger charge is -2.10.